The van der Waals surface area contributed by atoms with Crippen molar-refractivity contribution in [2.45, 2.75) is 58.0 Å². The topological polar surface area (TPSA) is 15.3 Å². The van der Waals surface area contributed by atoms with Crippen molar-refractivity contribution in [3.8, 4) is 0 Å². The van der Waals surface area contributed by atoms with Crippen molar-refractivity contribution in [3.05, 3.63) is 35.4 Å². The monoisotopic (exact) mass is 286 g/mol. The van der Waals surface area contributed by atoms with Gasteiger partial charge in [0.2, 0.25) is 0 Å². The molecule has 1 fully saturated rings. The molecule has 2 nitrogen and oxygen atoms in total. The number of nitrogens with zero attached hydrogens (tertiary/aromatic N) is 1. The molecule has 0 radical (unpaired) electrons. The maximum Gasteiger partial charge on any atom is 0.0218 e. The van der Waals surface area contributed by atoms with Gasteiger partial charge in [-0.1, -0.05) is 38.1 Å². The van der Waals surface area contributed by atoms with Crippen molar-refractivity contribution < 1.29 is 0 Å². The predicted octanol–water partition coefficient (Wildman–Crippen LogP) is 3.42. The predicted molar refractivity (Wildman–Crippen MR) is 89.8 cm³/mol. The molecule has 1 aliphatic heterocycles. The minimum atomic E-state index is 0.653. The van der Waals surface area contributed by atoms with Gasteiger partial charge in [0.15, 0.2) is 0 Å². The van der Waals surface area contributed by atoms with E-state index in [0.717, 1.165) is 18.4 Å². The molecule has 21 heavy (non-hydrogen) atoms. The quantitative estimate of drug-likeness (QED) is 0.916. The standard InChI is InChI=1S/C19H30N2/c1-14(2)19-13-21(15(3)11-20-19)12-17-9-6-8-16-7-4-5-10-18(16)17/h4-5,7,10,14-15,17,19-20H,6,8-9,11-13H2,1-3H3. The van der Waals surface area contributed by atoms with Gasteiger partial charge < -0.3 is 5.32 Å². The van der Waals surface area contributed by atoms with Crippen LogP contribution in [0.2, 0.25) is 0 Å². The summed E-state index contributed by atoms with van der Waals surface area (Å²) in [4.78, 5) is 2.73. The minimum Gasteiger partial charge on any atom is -0.311 e. The van der Waals surface area contributed by atoms with Crippen LogP contribution in [-0.4, -0.2) is 36.6 Å². The van der Waals surface area contributed by atoms with Crippen LogP contribution in [0.5, 0.6) is 0 Å². The van der Waals surface area contributed by atoms with Crippen LogP contribution in [0.4, 0.5) is 0 Å². The highest BCUT2D eigenvalue weighted by atomic mass is 15.2. The molecule has 3 unspecified atom stereocenters. The second kappa shape index (κ2) is 6.50. The Balaban J connectivity index is 1.71. The largest absolute Gasteiger partial charge is 0.311 e. The van der Waals surface area contributed by atoms with Gasteiger partial charge in [-0.25, -0.2) is 0 Å². The van der Waals surface area contributed by atoms with E-state index < -0.39 is 0 Å². The van der Waals surface area contributed by atoms with Gasteiger partial charge in [-0.3, -0.25) is 4.90 Å². The first-order valence-corrected chi connectivity index (χ1v) is 8.70. The summed E-state index contributed by atoms with van der Waals surface area (Å²) in [5.41, 5.74) is 3.22. The van der Waals surface area contributed by atoms with Crippen molar-refractivity contribution in [1.82, 2.24) is 10.2 Å². The van der Waals surface area contributed by atoms with E-state index >= 15 is 0 Å². The van der Waals surface area contributed by atoms with Crippen molar-refractivity contribution in [3.63, 3.8) is 0 Å². The number of aryl methyl sites for hydroxylation is 1. The van der Waals surface area contributed by atoms with Gasteiger partial charge in [0.25, 0.3) is 0 Å². The number of hydrogen-bond acceptors (Lipinski definition) is 2. The molecule has 1 aromatic carbocycles. The highest BCUT2D eigenvalue weighted by Gasteiger charge is 2.30. The fourth-order valence-electron chi connectivity index (χ4n) is 3.98. The Bertz CT molecular complexity index is 468. The van der Waals surface area contributed by atoms with Crippen LogP contribution >= 0.6 is 0 Å². The van der Waals surface area contributed by atoms with E-state index in [-0.39, 0.29) is 0 Å². The molecule has 2 aliphatic rings. The van der Waals surface area contributed by atoms with Gasteiger partial charge in [-0.05, 0) is 49.1 Å². The van der Waals surface area contributed by atoms with E-state index in [1.165, 1.54) is 32.4 Å². The summed E-state index contributed by atoms with van der Waals surface area (Å²) in [7, 11) is 0. The van der Waals surface area contributed by atoms with Crippen LogP contribution in [-0.2, 0) is 6.42 Å². The Morgan fingerprint density at radius 3 is 2.90 bits per heavy atom. The number of piperazine rings is 1. The zero-order valence-electron chi connectivity index (χ0n) is 13.8. The lowest BCUT2D eigenvalue weighted by molar-refractivity contribution is 0.113. The van der Waals surface area contributed by atoms with E-state index in [9.17, 15) is 0 Å². The fraction of sp³-hybridized carbons (Fsp3) is 0.684. The number of fused-ring (bicyclic) bond motifs is 1. The Hall–Kier alpha value is -0.860. The summed E-state index contributed by atoms with van der Waals surface area (Å²) in [6.45, 7) is 10.6. The van der Waals surface area contributed by atoms with Crippen molar-refractivity contribution in [2.75, 3.05) is 19.6 Å². The lowest BCUT2D eigenvalue weighted by atomic mass is 9.82. The number of hydrogen-bond donors (Lipinski definition) is 1. The summed E-state index contributed by atoms with van der Waals surface area (Å²) >= 11 is 0. The molecule has 0 bridgehead atoms. The highest BCUT2D eigenvalue weighted by molar-refractivity contribution is 5.32. The molecule has 0 spiro atoms. The van der Waals surface area contributed by atoms with E-state index in [2.05, 4.69) is 55.3 Å². The molecule has 1 heterocycles. The normalized spacial score (nSPS) is 30.4. The minimum absolute atomic E-state index is 0.653. The lowest BCUT2D eigenvalue weighted by Gasteiger charge is -2.42. The first kappa shape index (κ1) is 15.1. The molecule has 3 rings (SSSR count). The molecule has 0 aromatic heterocycles. The molecule has 1 aliphatic carbocycles. The first-order chi connectivity index (χ1) is 10.1. The maximum atomic E-state index is 3.71. The molecule has 3 atom stereocenters. The average Bonchev–Trinajstić information content (AvgIpc) is 2.49. The van der Waals surface area contributed by atoms with Crippen LogP contribution in [0, 0.1) is 5.92 Å². The third-order valence-corrected chi connectivity index (χ3v) is 5.48. The molecule has 1 N–H and O–H groups in total. The van der Waals surface area contributed by atoms with Crippen LogP contribution in [0.3, 0.4) is 0 Å². The summed E-state index contributed by atoms with van der Waals surface area (Å²) in [6, 6.07) is 10.4. The molecule has 1 saturated heterocycles. The molecule has 0 saturated carbocycles. The number of benzene rings is 1. The second-order valence-corrected chi connectivity index (χ2v) is 7.35. The zero-order valence-corrected chi connectivity index (χ0v) is 13.8. The van der Waals surface area contributed by atoms with Crippen LogP contribution in [0.25, 0.3) is 0 Å². The van der Waals surface area contributed by atoms with Gasteiger partial charge in [-0.15, -0.1) is 0 Å². The summed E-state index contributed by atoms with van der Waals surface area (Å²) < 4.78 is 0. The van der Waals surface area contributed by atoms with Gasteiger partial charge >= 0.3 is 0 Å². The van der Waals surface area contributed by atoms with Crippen molar-refractivity contribution >= 4 is 0 Å². The van der Waals surface area contributed by atoms with E-state index in [1.54, 1.807) is 11.1 Å². The number of rotatable bonds is 3. The molecular formula is C19H30N2. The average molecular weight is 286 g/mol. The Morgan fingerprint density at radius 2 is 2.10 bits per heavy atom. The van der Waals surface area contributed by atoms with Crippen molar-refractivity contribution in [2.24, 2.45) is 5.92 Å². The lowest BCUT2D eigenvalue weighted by Crippen LogP contribution is -2.57. The SMILES string of the molecule is CC(C)C1CN(CC2CCCc3ccccc32)C(C)CN1. The van der Waals surface area contributed by atoms with Crippen LogP contribution in [0.1, 0.15) is 50.7 Å². The zero-order chi connectivity index (χ0) is 14.8. The molecule has 1 aromatic rings. The first-order valence-electron chi connectivity index (χ1n) is 8.70. The highest BCUT2D eigenvalue weighted by Crippen LogP contribution is 2.32. The summed E-state index contributed by atoms with van der Waals surface area (Å²) in [6.07, 6.45) is 3.99. The summed E-state index contributed by atoms with van der Waals surface area (Å²) in [5.74, 6) is 1.46. The Labute approximate surface area is 129 Å². The van der Waals surface area contributed by atoms with E-state index in [1.807, 2.05) is 0 Å². The molecule has 2 heteroatoms. The van der Waals surface area contributed by atoms with E-state index in [0.29, 0.717) is 12.1 Å². The van der Waals surface area contributed by atoms with E-state index in [4.69, 9.17) is 0 Å². The molecule has 0 amide bonds. The molecular weight excluding hydrogens is 256 g/mol. The Morgan fingerprint density at radius 1 is 1.29 bits per heavy atom. The van der Waals surface area contributed by atoms with Gasteiger partial charge in [0.1, 0.15) is 0 Å². The van der Waals surface area contributed by atoms with Gasteiger partial charge in [-0.2, -0.15) is 0 Å². The molecule has 116 valence electrons. The summed E-state index contributed by atoms with van der Waals surface area (Å²) in [5, 5.41) is 3.71. The third kappa shape index (κ3) is 3.32. The van der Waals surface area contributed by atoms with Crippen LogP contribution in [0.15, 0.2) is 24.3 Å². The Kier molecular flexibility index (Phi) is 4.66. The fourth-order valence-corrected chi connectivity index (χ4v) is 3.98. The number of nitrogens with one attached hydrogen (secondary N) is 1. The van der Waals surface area contributed by atoms with Crippen LogP contribution < -0.4 is 5.32 Å². The van der Waals surface area contributed by atoms with Gasteiger partial charge in [0.05, 0.1) is 0 Å². The second-order valence-electron chi connectivity index (χ2n) is 7.35. The maximum absolute atomic E-state index is 3.71. The van der Waals surface area contributed by atoms with Crippen molar-refractivity contribution in [1.29, 1.82) is 0 Å². The van der Waals surface area contributed by atoms with Gasteiger partial charge in [0, 0.05) is 31.7 Å². The third-order valence-electron chi connectivity index (χ3n) is 5.48. The smallest absolute Gasteiger partial charge is 0.0218 e.